The van der Waals surface area contributed by atoms with Crippen LogP contribution in [-0.2, 0) is 29.2 Å². The highest BCUT2D eigenvalue weighted by Gasteiger charge is 2.60. The lowest BCUT2D eigenvalue weighted by molar-refractivity contribution is -0.0795. The first-order valence-electron chi connectivity index (χ1n) is 14.8. The van der Waals surface area contributed by atoms with Gasteiger partial charge in [0.2, 0.25) is 0 Å². The van der Waals surface area contributed by atoms with Gasteiger partial charge in [0.15, 0.2) is 0 Å². The molecule has 0 aliphatic heterocycles. The summed E-state index contributed by atoms with van der Waals surface area (Å²) in [6, 6.07) is 0. The van der Waals surface area contributed by atoms with Crippen molar-refractivity contribution in [2.45, 2.75) is 118 Å². The molecule has 0 aromatic rings. The summed E-state index contributed by atoms with van der Waals surface area (Å²) in [5.74, 6) is 3.42. The molecular weight excluding hydrogens is 540 g/mol. The number of allylic oxidation sites excluding steroid dienone is 1. The molecule has 0 spiro atoms. The first-order valence-corrected chi connectivity index (χ1v) is 17.5. The smallest absolute Gasteiger partial charge is 0.264 e. The van der Waals surface area contributed by atoms with Gasteiger partial charge in [-0.2, -0.15) is 16.8 Å². The van der Waals surface area contributed by atoms with Gasteiger partial charge in [-0.15, -0.1) is 0 Å². The zero-order valence-corrected chi connectivity index (χ0v) is 26.4. The maximum absolute atomic E-state index is 11.7. The molecule has 3 saturated carbocycles. The highest BCUT2D eigenvalue weighted by atomic mass is 32.3. The molecule has 10 heteroatoms. The first kappa shape index (κ1) is 31.4. The van der Waals surface area contributed by atoms with E-state index in [2.05, 4.69) is 54.5 Å². The molecule has 0 saturated heterocycles. The van der Waals surface area contributed by atoms with E-state index in [1.54, 1.807) is 0 Å². The molecule has 0 aromatic carbocycles. The van der Waals surface area contributed by atoms with E-state index in [0.717, 1.165) is 24.8 Å². The first-order chi connectivity index (χ1) is 17.7. The standard InChI is InChI=1S/C29H50O8S2/c1-18(8-9-19(2)27(3,4)5)22-12-13-23-21-11-10-20-16-25(36-38(30,31)32)26(37-39(33,34)35)17-29(20,7)24(21)14-15-28(22,23)6/h10,18-19,21-26H,8-9,11-17H2,1-7H3,(H,30,31,32)(H,33,34,35)/t18?,19?,21?,22?,23?,24?,25-,26-,28?,29?/m0/s1. The van der Waals surface area contributed by atoms with Gasteiger partial charge in [-0.05, 0) is 103 Å². The summed E-state index contributed by atoms with van der Waals surface area (Å²) in [7, 11) is -9.67. The van der Waals surface area contributed by atoms with E-state index in [1.165, 1.54) is 25.7 Å². The van der Waals surface area contributed by atoms with Crippen molar-refractivity contribution < 1.29 is 34.3 Å². The van der Waals surface area contributed by atoms with Crippen LogP contribution in [0.4, 0.5) is 0 Å². The Morgan fingerprint density at radius 1 is 0.949 bits per heavy atom. The zero-order chi connectivity index (χ0) is 29.2. The summed E-state index contributed by atoms with van der Waals surface area (Å²) in [6.07, 6.45) is 8.14. The van der Waals surface area contributed by atoms with Gasteiger partial charge in [0.1, 0.15) is 12.2 Å². The fourth-order valence-electron chi connectivity index (χ4n) is 9.28. The molecule has 4 aliphatic rings. The molecule has 0 heterocycles. The van der Waals surface area contributed by atoms with Crippen LogP contribution in [0, 0.1) is 51.8 Å². The third-order valence-corrected chi connectivity index (χ3v) is 12.9. The lowest BCUT2D eigenvalue weighted by atomic mass is 9.46. The van der Waals surface area contributed by atoms with Gasteiger partial charge in [0.25, 0.3) is 0 Å². The summed E-state index contributed by atoms with van der Waals surface area (Å²) < 4.78 is 74.8. The topological polar surface area (TPSA) is 127 Å². The molecule has 8 unspecified atom stereocenters. The maximum Gasteiger partial charge on any atom is 0.397 e. The molecule has 0 radical (unpaired) electrons. The van der Waals surface area contributed by atoms with Crippen LogP contribution in [0.2, 0.25) is 0 Å². The highest BCUT2D eigenvalue weighted by molar-refractivity contribution is 7.81. The van der Waals surface area contributed by atoms with Crippen molar-refractivity contribution in [2.75, 3.05) is 0 Å². The van der Waals surface area contributed by atoms with Crippen molar-refractivity contribution in [3.05, 3.63) is 11.6 Å². The van der Waals surface area contributed by atoms with Crippen LogP contribution >= 0.6 is 0 Å². The van der Waals surface area contributed by atoms with Crippen molar-refractivity contribution in [1.82, 2.24) is 0 Å². The lowest BCUT2D eigenvalue weighted by Gasteiger charge is -2.59. The predicted molar refractivity (Wildman–Crippen MR) is 150 cm³/mol. The van der Waals surface area contributed by atoms with Gasteiger partial charge < -0.3 is 0 Å². The minimum Gasteiger partial charge on any atom is -0.264 e. The predicted octanol–water partition coefficient (Wildman–Crippen LogP) is 6.65. The van der Waals surface area contributed by atoms with Gasteiger partial charge in [-0.25, -0.2) is 8.37 Å². The Labute approximate surface area is 236 Å². The van der Waals surface area contributed by atoms with E-state index in [4.69, 9.17) is 8.37 Å². The van der Waals surface area contributed by atoms with Gasteiger partial charge in [-0.3, -0.25) is 9.11 Å². The Morgan fingerprint density at radius 3 is 2.15 bits per heavy atom. The van der Waals surface area contributed by atoms with Crippen LogP contribution in [0.15, 0.2) is 11.6 Å². The van der Waals surface area contributed by atoms with Crippen LogP contribution in [0.25, 0.3) is 0 Å². The minimum atomic E-state index is -4.84. The Morgan fingerprint density at radius 2 is 1.56 bits per heavy atom. The average molecular weight is 591 g/mol. The van der Waals surface area contributed by atoms with Crippen molar-refractivity contribution in [1.29, 1.82) is 0 Å². The minimum absolute atomic E-state index is 0.132. The average Bonchev–Trinajstić information content (AvgIpc) is 3.12. The number of fused-ring (bicyclic) bond motifs is 5. The molecule has 0 amide bonds. The van der Waals surface area contributed by atoms with Crippen molar-refractivity contribution in [3.63, 3.8) is 0 Å². The monoisotopic (exact) mass is 590 g/mol. The highest BCUT2D eigenvalue weighted by Crippen LogP contribution is 2.67. The van der Waals surface area contributed by atoms with Crippen LogP contribution in [0.3, 0.4) is 0 Å². The molecular formula is C29H50O8S2. The number of rotatable bonds is 8. The Hall–Kier alpha value is -0.520. The quantitative estimate of drug-likeness (QED) is 0.238. The van der Waals surface area contributed by atoms with Crippen molar-refractivity contribution >= 4 is 20.8 Å². The van der Waals surface area contributed by atoms with E-state index in [0.29, 0.717) is 40.9 Å². The molecule has 0 aromatic heterocycles. The normalized spacial score (nSPS) is 40.7. The second kappa shape index (κ2) is 10.6. The maximum atomic E-state index is 11.7. The van der Waals surface area contributed by atoms with Gasteiger partial charge in [0, 0.05) is 0 Å². The van der Waals surface area contributed by atoms with Crippen molar-refractivity contribution in [2.24, 2.45) is 51.8 Å². The van der Waals surface area contributed by atoms with E-state index in [1.807, 2.05) is 0 Å². The van der Waals surface area contributed by atoms with Crippen LogP contribution in [-0.4, -0.2) is 38.1 Å². The summed E-state index contributed by atoms with van der Waals surface area (Å²) in [4.78, 5) is 0. The van der Waals surface area contributed by atoms with Crippen LogP contribution in [0.1, 0.15) is 106 Å². The molecule has 4 aliphatic carbocycles. The zero-order valence-electron chi connectivity index (χ0n) is 24.7. The van der Waals surface area contributed by atoms with E-state index >= 15 is 0 Å². The molecule has 8 nitrogen and oxygen atoms in total. The van der Waals surface area contributed by atoms with E-state index in [-0.39, 0.29) is 18.3 Å². The number of hydrogen-bond acceptors (Lipinski definition) is 6. The van der Waals surface area contributed by atoms with Gasteiger partial charge in [-0.1, -0.05) is 66.5 Å². The van der Waals surface area contributed by atoms with E-state index in [9.17, 15) is 25.9 Å². The molecule has 2 N–H and O–H groups in total. The molecule has 3 fully saturated rings. The molecule has 226 valence electrons. The molecule has 0 bridgehead atoms. The number of hydrogen-bond donors (Lipinski definition) is 2. The second-order valence-electron chi connectivity index (χ2n) is 14.8. The molecule has 4 rings (SSSR count). The van der Waals surface area contributed by atoms with Gasteiger partial charge in [0.05, 0.1) is 0 Å². The second-order valence-corrected chi connectivity index (χ2v) is 16.9. The molecule has 10 atom stereocenters. The van der Waals surface area contributed by atoms with Crippen LogP contribution < -0.4 is 0 Å². The van der Waals surface area contributed by atoms with Crippen LogP contribution in [0.5, 0.6) is 0 Å². The fraction of sp³-hybridized carbons (Fsp3) is 0.931. The Balaban J connectivity index is 1.55. The summed E-state index contributed by atoms with van der Waals surface area (Å²) in [6.45, 7) is 16.5. The fourth-order valence-corrected chi connectivity index (χ4v) is 10.3. The summed E-state index contributed by atoms with van der Waals surface area (Å²) in [5.41, 5.74) is 1.24. The third kappa shape index (κ3) is 6.46. The Kier molecular flexibility index (Phi) is 8.57. The largest absolute Gasteiger partial charge is 0.397 e. The van der Waals surface area contributed by atoms with Crippen molar-refractivity contribution in [3.8, 4) is 0 Å². The summed E-state index contributed by atoms with van der Waals surface area (Å²) in [5, 5.41) is 0. The summed E-state index contributed by atoms with van der Waals surface area (Å²) >= 11 is 0. The van der Waals surface area contributed by atoms with Gasteiger partial charge >= 0.3 is 20.8 Å². The SMILES string of the molecule is CC(CCC(C)C(C)(C)C)C1CCC2C3CC=C4C[C@H](OS(=O)(=O)O)[C@@H](OS(=O)(=O)O)CC4(C)C3CCC12C. The third-order valence-electron chi connectivity index (χ3n) is 11.9. The lowest BCUT2D eigenvalue weighted by Crippen LogP contribution is -2.54. The van der Waals surface area contributed by atoms with E-state index < -0.39 is 38.4 Å². The Bertz CT molecular complexity index is 1160. The molecule has 39 heavy (non-hydrogen) atoms.